The minimum absolute atomic E-state index is 1.02. The molecule has 3 rings (SSSR count). The van der Waals surface area contributed by atoms with Crippen LogP contribution in [0.25, 0.3) is 11.1 Å². The first kappa shape index (κ1) is 10.1. The molecule has 1 heteroatoms. The van der Waals surface area contributed by atoms with Crippen LogP contribution in [0.5, 0.6) is 0 Å². The number of benzene rings is 2. The summed E-state index contributed by atoms with van der Waals surface area (Å²) >= 11 is 3.59. The van der Waals surface area contributed by atoms with Crippen molar-refractivity contribution in [2.24, 2.45) is 0 Å². The van der Waals surface area contributed by atoms with Gasteiger partial charge in [-0.3, -0.25) is 0 Å². The molecule has 0 fully saturated rings. The van der Waals surface area contributed by atoms with Crippen LogP contribution in [0.4, 0.5) is 0 Å². The van der Waals surface area contributed by atoms with Gasteiger partial charge in [-0.25, -0.2) is 0 Å². The van der Waals surface area contributed by atoms with E-state index in [1.807, 2.05) is 0 Å². The number of hydrogen-bond acceptors (Lipinski definition) is 0. The Morgan fingerprint density at radius 1 is 1.12 bits per heavy atom. The molecule has 0 aromatic heterocycles. The van der Waals surface area contributed by atoms with Gasteiger partial charge in [0.15, 0.2) is 0 Å². The summed E-state index contributed by atoms with van der Waals surface area (Å²) in [6.45, 7) is 4.35. The highest BCUT2D eigenvalue weighted by Gasteiger charge is 2.21. The smallest absolute Gasteiger partial charge is 0.0289 e. The Hall–Kier alpha value is -1.08. The summed E-state index contributed by atoms with van der Waals surface area (Å²) in [4.78, 5) is 0. The molecule has 1 radical (unpaired) electrons. The molecule has 0 N–H and O–H groups in total. The van der Waals surface area contributed by atoms with Crippen molar-refractivity contribution in [3.05, 3.63) is 57.1 Å². The molecule has 0 bridgehead atoms. The van der Waals surface area contributed by atoms with Crippen molar-refractivity contribution < 1.29 is 0 Å². The maximum atomic E-state index is 3.59. The lowest BCUT2D eigenvalue weighted by Gasteiger charge is -2.10. The van der Waals surface area contributed by atoms with Crippen molar-refractivity contribution in [3.8, 4) is 11.1 Å². The molecule has 0 atom stereocenters. The fourth-order valence-corrected chi connectivity index (χ4v) is 3.01. The molecular formula is C15H12Br. The Balaban J connectivity index is 2.36. The maximum Gasteiger partial charge on any atom is 0.0289 e. The van der Waals surface area contributed by atoms with Crippen molar-refractivity contribution in [2.75, 3.05) is 0 Å². The van der Waals surface area contributed by atoms with Crippen LogP contribution >= 0.6 is 15.9 Å². The van der Waals surface area contributed by atoms with Crippen molar-refractivity contribution >= 4 is 15.9 Å². The minimum atomic E-state index is 1.02. The fourth-order valence-electron chi connectivity index (χ4n) is 2.47. The highest BCUT2D eigenvalue weighted by atomic mass is 79.9. The van der Waals surface area contributed by atoms with Crippen LogP contribution in [0.2, 0.25) is 0 Å². The third-order valence-electron chi connectivity index (χ3n) is 3.48. The van der Waals surface area contributed by atoms with E-state index in [2.05, 4.69) is 60.1 Å². The molecule has 0 aliphatic heterocycles. The van der Waals surface area contributed by atoms with Crippen molar-refractivity contribution in [2.45, 2.75) is 20.3 Å². The van der Waals surface area contributed by atoms with Gasteiger partial charge in [0.1, 0.15) is 0 Å². The van der Waals surface area contributed by atoms with Crippen molar-refractivity contribution in [1.29, 1.82) is 0 Å². The first-order valence-corrected chi connectivity index (χ1v) is 6.27. The van der Waals surface area contributed by atoms with Gasteiger partial charge in [-0.2, -0.15) is 0 Å². The van der Waals surface area contributed by atoms with Gasteiger partial charge in [-0.1, -0.05) is 24.3 Å². The van der Waals surface area contributed by atoms with E-state index in [0.717, 1.165) is 10.9 Å². The molecule has 0 saturated heterocycles. The highest BCUT2D eigenvalue weighted by Crippen LogP contribution is 2.41. The van der Waals surface area contributed by atoms with Crippen LogP contribution in [0.1, 0.15) is 22.3 Å². The molecule has 0 unspecified atom stereocenters. The second-order valence-corrected chi connectivity index (χ2v) is 5.17. The summed E-state index contributed by atoms with van der Waals surface area (Å²) in [5, 5.41) is 0. The minimum Gasteiger partial charge on any atom is -0.0619 e. The van der Waals surface area contributed by atoms with E-state index >= 15 is 0 Å². The average Bonchev–Trinajstić information content (AvgIpc) is 2.64. The molecular weight excluding hydrogens is 260 g/mol. The lowest BCUT2D eigenvalue weighted by Crippen LogP contribution is -1.90. The maximum absolute atomic E-state index is 3.59. The van der Waals surface area contributed by atoms with Crippen LogP contribution in [0.3, 0.4) is 0 Å². The molecule has 0 saturated carbocycles. The molecule has 1 aliphatic carbocycles. The van der Waals surface area contributed by atoms with Crippen molar-refractivity contribution in [1.82, 2.24) is 0 Å². The van der Waals surface area contributed by atoms with Crippen LogP contribution in [-0.2, 0) is 6.42 Å². The van der Waals surface area contributed by atoms with Gasteiger partial charge in [-0.15, -0.1) is 0 Å². The lowest BCUT2D eigenvalue weighted by molar-refractivity contribution is 1.22. The zero-order chi connectivity index (χ0) is 11.3. The summed E-state index contributed by atoms with van der Waals surface area (Å²) < 4.78 is 1.11. The zero-order valence-corrected chi connectivity index (χ0v) is 11.0. The fraction of sp³-hybridized carbons (Fsp3) is 0.200. The number of fused-ring (bicyclic) bond motifs is 3. The molecule has 16 heavy (non-hydrogen) atoms. The van der Waals surface area contributed by atoms with Gasteiger partial charge in [0.25, 0.3) is 0 Å². The summed E-state index contributed by atoms with van der Waals surface area (Å²) in [5.41, 5.74) is 8.23. The van der Waals surface area contributed by atoms with Gasteiger partial charge in [0.2, 0.25) is 0 Å². The normalized spacial score (nSPS) is 12.4. The van der Waals surface area contributed by atoms with E-state index in [9.17, 15) is 0 Å². The summed E-state index contributed by atoms with van der Waals surface area (Å²) in [5.74, 6) is 0. The molecule has 1 aliphatic rings. The number of hydrogen-bond donors (Lipinski definition) is 0. The van der Waals surface area contributed by atoms with Gasteiger partial charge < -0.3 is 0 Å². The monoisotopic (exact) mass is 271 g/mol. The zero-order valence-electron chi connectivity index (χ0n) is 9.39. The summed E-state index contributed by atoms with van der Waals surface area (Å²) in [6.07, 6.45) is 1.02. The number of rotatable bonds is 0. The predicted molar refractivity (Wildman–Crippen MR) is 70.7 cm³/mol. The van der Waals surface area contributed by atoms with Gasteiger partial charge in [-0.05, 0) is 69.6 Å². The third kappa shape index (κ3) is 1.28. The molecule has 0 heterocycles. The summed E-state index contributed by atoms with van der Waals surface area (Å²) in [7, 11) is 0. The standard InChI is InChI=1S/C15H12Br/c1-9-10(2)15-12(8-14(9)16)7-11-5-3-4-6-13(11)15/h3-6H,7H2,1-2H3. The molecule has 79 valence electrons. The predicted octanol–water partition coefficient (Wildman–Crippen LogP) is 4.44. The quantitative estimate of drug-likeness (QED) is 0.567. The second kappa shape index (κ2) is 3.46. The topological polar surface area (TPSA) is 0 Å². The molecule has 2 aromatic rings. The first-order valence-electron chi connectivity index (χ1n) is 5.47. The van der Waals surface area contributed by atoms with Gasteiger partial charge >= 0.3 is 0 Å². The Morgan fingerprint density at radius 2 is 1.88 bits per heavy atom. The van der Waals surface area contributed by atoms with Crippen LogP contribution in [0, 0.1) is 19.9 Å². The largest absolute Gasteiger partial charge is 0.0619 e. The SMILES string of the molecule is Cc1c(Br)[c]c2c(c1C)-c1ccccc1C2. The van der Waals surface area contributed by atoms with E-state index in [1.165, 1.54) is 33.4 Å². The Bertz CT molecular complexity index is 582. The van der Waals surface area contributed by atoms with Crippen LogP contribution in [-0.4, -0.2) is 0 Å². The van der Waals surface area contributed by atoms with E-state index in [1.54, 1.807) is 0 Å². The van der Waals surface area contributed by atoms with E-state index < -0.39 is 0 Å². The van der Waals surface area contributed by atoms with E-state index in [0.29, 0.717) is 0 Å². The Labute approximate surface area is 104 Å². The average molecular weight is 272 g/mol. The lowest BCUT2D eigenvalue weighted by atomic mass is 9.97. The highest BCUT2D eigenvalue weighted by molar-refractivity contribution is 9.10. The summed E-state index contributed by atoms with van der Waals surface area (Å²) in [6, 6.07) is 12.1. The Morgan fingerprint density at radius 3 is 2.69 bits per heavy atom. The van der Waals surface area contributed by atoms with E-state index in [-0.39, 0.29) is 0 Å². The van der Waals surface area contributed by atoms with Crippen LogP contribution in [0.15, 0.2) is 28.7 Å². The third-order valence-corrected chi connectivity index (χ3v) is 4.28. The Kier molecular flexibility index (Phi) is 2.18. The number of halogens is 1. The van der Waals surface area contributed by atoms with Crippen LogP contribution < -0.4 is 0 Å². The molecule has 2 aromatic carbocycles. The molecule has 0 nitrogen and oxygen atoms in total. The molecule has 0 spiro atoms. The van der Waals surface area contributed by atoms with Crippen molar-refractivity contribution in [3.63, 3.8) is 0 Å². The second-order valence-electron chi connectivity index (χ2n) is 4.38. The van der Waals surface area contributed by atoms with E-state index in [4.69, 9.17) is 0 Å². The first-order chi connectivity index (χ1) is 7.68. The van der Waals surface area contributed by atoms with Gasteiger partial charge in [0.05, 0.1) is 0 Å². The van der Waals surface area contributed by atoms with Gasteiger partial charge in [0, 0.05) is 10.5 Å². The molecule has 0 amide bonds.